The standard InChI is InChI=1S/C17H20F3N7OS/c1-29-25-6-10-8-27(2-3-28-10)14-4-13(23-9-24-14)11(5-21)17-22-7-12(18)15(26-17)16(19)20/h4-5,7,9-10,16,25H,2-3,6,8,21H2,1H3/b11-5-. The van der Waals surface area contributed by atoms with Gasteiger partial charge >= 0.3 is 0 Å². The van der Waals surface area contributed by atoms with Crippen LogP contribution in [0.5, 0.6) is 0 Å². The van der Waals surface area contributed by atoms with Crippen molar-refractivity contribution in [3.05, 3.63) is 47.8 Å². The average Bonchev–Trinajstić information content (AvgIpc) is 2.74. The molecule has 0 aromatic carbocycles. The Hall–Kier alpha value is -2.44. The highest BCUT2D eigenvalue weighted by Gasteiger charge is 2.23. The highest BCUT2D eigenvalue weighted by molar-refractivity contribution is 7.96. The summed E-state index contributed by atoms with van der Waals surface area (Å²) >= 11 is 1.51. The number of anilines is 1. The fraction of sp³-hybridized carbons (Fsp3) is 0.412. The first-order chi connectivity index (χ1) is 14.0. The largest absolute Gasteiger partial charge is 0.404 e. The Morgan fingerprint density at radius 1 is 1.45 bits per heavy atom. The number of hydrogen-bond donors (Lipinski definition) is 2. The molecule has 3 N–H and O–H groups in total. The normalized spacial score (nSPS) is 17.8. The number of alkyl halides is 2. The molecule has 1 atom stereocenters. The van der Waals surface area contributed by atoms with Gasteiger partial charge in [-0.3, -0.25) is 4.72 Å². The van der Waals surface area contributed by atoms with Gasteiger partial charge in [0.15, 0.2) is 11.6 Å². The van der Waals surface area contributed by atoms with Crippen LogP contribution in [-0.4, -0.2) is 58.5 Å². The zero-order chi connectivity index (χ0) is 20.8. The van der Waals surface area contributed by atoms with E-state index < -0.39 is 17.9 Å². The molecule has 1 aliphatic rings. The summed E-state index contributed by atoms with van der Waals surface area (Å²) < 4.78 is 48.4. The Kier molecular flexibility index (Phi) is 7.23. The van der Waals surface area contributed by atoms with Crippen LogP contribution in [0.2, 0.25) is 0 Å². The molecule has 2 aromatic heterocycles. The summed E-state index contributed by atoms with van der Waals surface area (Å²) in [4.78, 5) is 17.9. The predicted molar refractivity (Wildman–Crippen MR) is 104 cm³/mol. The maximum Gasteiger partial charge on any atom is 0.283 e. The van der Waals surface area contributed by atoms with Gasteiger partial charge < -0.3 is 15.4 Å². The first-order valence-corrected chi connectivity index (χ1v) is 9.93. The fourth-order valence-corrected chi connectivity index (χ4v) is 3.18. The molecule has 0 radical (unpaired) electrons. The van der Waals surface area contributed by atoms with Crippen molar-refractivity contribution in [2.45, 2.75) is 12.5 Å². The Bertz CT molecular complexity index is 871. The lowest BCUT2D eigenvalue weighted by molar-refractivity contribution is 0.0444. The van der Waals surface area contributed by atoms with E-state index in [1.807, 2.05) is 11.2 Å². The van der Waals surface area contributed by atoms with Gasteiger partial charge in [0.05, 0.1) is 30.2 Å². The number of aromatic nitrogens is 4. The van der Waals surface area contributed by atoms with E-state index in [2.05, 4.69) is 24.7 Å². The quantitative estimate of drug-likeness (QED) is 0.640. The van der Waals surface area contributed by atoms with Crippen LogP contribution >= 0.6 is 11.9 Å². The lowest BCUT2D eigenvalue weighted by Gasteiger charge is -2.33. The second kappa shape index (κ2) is 9.85. The minimum absolute atomic E-state index is 0.00633. The van der Waals surface area contributed by atoms with E-state index in [0.29, 0.717) is 43.9 Å². The minimum Gasteiger partial charge on any atom is -0.404 e. The summed E-state index contributed by atoms with van der Waals surface area (Å²) in [6.07, 6.45) is 2.05. The van der Waals surface area contributed by atoms with Gasteiger partial charge in [0.1, 0.15) is 17.8 Å². The Morgan fingerprint density at radius 3 is 3.00 bits per heavy atom. The predicted octanol–water partition coefficient (Wildman–Crippen LogP) is 1.76. The second-order valence-electron chi connectivity index (χ2n) is 6.06. The number of ether oxygens (including phenoxy) is 1. The van der Waals surface area contributed by atoms with E-state index in [9.17, 15) is 13.2 Å². The van der Waals surface area contributed by atoms with Gasteiger partial charge in [0.25, 0.3) is 6.43 Å². The highest BCUT2D eigenvalue weighted by atomic mass is 32.2. The van der Waals surface area contributed by atoms with Gasteiger partial charge in [-0.15, -0.1) is 0 Å². The number of morpholine rings is 1. The molecular weight excluding hydrogens is 407 g/mol. The first kappa shape index (κ1) is 21.3. The maximum absolute atomic E-state index is 13.5. The van der Waals surface area contributed by atoms with Crippen molar-refractivity contribution in [2.75, 3.05) is 37.4 Å². The van der Waals surface area contributed by atoms with E-state index in [4.69, 9.17) is 10.5 Å². The monoisotopic (exact) mass is 427 g/mol. The SMILES string of the molecule is CSNCC1CN(c2cc(/C(=C/N)c3ncc(F)c(C(F)F)n3)ncn2)CCO1. The molecule has 1 unspecified atom stereocenters. The summed E-state index contributed by atoms with van der Waals surface area (Å²) in [5.41, 5.74) is 5.23. The third-order valence-electron chi connectivity index (χ3n) is 4.23. The molecule has 29 heavy (non-hydrogen) atoms. The lowest BCUT2D eigenvalue weighted by atomic mass is 10.1. The van der Waals surface area contributed by atoms with Gasteiger partial charge in [-0.1, -0.05) is 11.9 Å². The van der Waals surface area contributed by atoms with E-state index in [1.165, 1.54) is 18.3 Å². The molecule has 1 saturated heterocycles. The number of hydrogen-bond acceptors (Lipinski definition) is 9. The van der Waals surface area contributed by atoms with E-state index >= 15 is 0 Å². The summed E-state index contributed by atoms with van der Waals surface area (Å²) in [5.74, 6) is -0.692. The van der Waals surface area contributed by atoms with Crippen LogP contribution < -0.4 is 15.4 Å². The van der Waals surface area contributed by atoms with Crippen molar-refractivity contribution in [3.8, 4) is 0 Å². The number of nitrogens with zero attached hydrogens (tertiary/aromatic N) is 5. The topological polar surface area (TPSA) is 102 Å². The molecule has 8 nitrogen and oxygen atoms in total. The number of nitrogens with one attached hydrogen (secondary N) is 1. The van der Waals surface area contributed by atoms with Crippen LogP contribution in [0.4, 0.5) is 19.0 Å². The number of rotatable bonds is 7. The van der Waals surface area contributed by atoms with Crippen molar-refractivity contribution < 1.29 is 17.9 Å². The summed E-state index contributed by atoms with van der Waals surface area (Å²) in [6.45, 7) is 2.48. The van der Waals surface area contributed by atoms with Crippen LogP contribution in [-0.2, 0) is 4.74 Å². The molecule has 0 saturated carbocycles. The lowest BCUT2D eigenvalue weighted by Crippen LogP contribution is -2.46. The zero-order valence-corrected chi connectivity index (χ0v) is 16.4. The molecule has 3 heterocycles. The molecule has 0 aliphatic carbocycles. The van der Waals surface area contributed by atoms with Crippen LogP contribution in [0, 0.1) is 5.82 Å². The molecule has 0 spiro atoms. The molecular formula is C17H20F3N7OS. The first-order valence-electron chi connectivity index (χ1n) is 8.71. The van der Waals surface area contributed by atoms with Crippen LogP contribution in [0.15, 0.2) is 24.8 Å². The zero-order valence-electron chi connectivity index (χ0n) is 15.6. The molecule has 1 aliphatic heterocycles. The average molecular weight is 427 g/mol. The Balaban J connectivity index is 1.85. The summed E-state index contributed by atoms with van der Waals surface area (Å²) in [6, 6.07) is 1.66. The molecule has 2 aromatic rings. The second-order valence-corrected chi connectivity index (χ2v) is 6.76. The van der Waals surface area contributed by atoms with Crippen molar-refractivity contribution in [2.24, 2.45) is 5.73 Å². The van der Waals surface area contributed by atoms with Gasteiger partial charge in [-0.05, 0) is 6.26 Å². The van der Waals surface area contributed by atoms with Crippen molar-refractivity contribution in [1.29, 1.82) is 0 Å². The molecule has 12 heteroatoms. The highest BCUT2D eigenvalue weighted by Crippen LogP contribution is 2.25. The smallest absolute Gasteiger partial charge is 0.283 e. The molecule has 0 amide bonds. The number of nitrogens with two attached hydrogens (primary N) is 1. The Labute approximate surface area is 169 Å². The Morgan fingerprint density at radius 2 is 2.28 bits per heavy atom. The van der Waals surface area contributed by atoms with Crippen molar-refractivity contribution >= 4 is 23.3 Å². The van der Waals surface area contributed by atoms with Gasteiger partial charge in [0.2, 0.25) is 0 Å². The summed E-state index contributed by atoms with van der Waals surface area (Å²) in [5, 5.41) is 0. The summed E-state index contributed by atoms with van der Waals surface area (Å²) in [7, 11) is 0. The number of halogens is 3. The third kappa shape index (κ3) is 5.14. The van der Waals surface area contributed by atoms with Gasteiger partial charge in [-0.25, -0.2) is 33.1 Å². The van der Waals surface area contributed by atoms with Crippen molar-refractivity contribution in [1.82, 2.24) is 24.7 Å². The van der Waals surface area contributed by atoms with Crippen LogP contribution in [0.25, 0.3) is 5.57 Å². The molecule has 3 rings (SSSR count). The van der Waals surface area contributed by atoms with Crippen molar-refractivity contribution in [3.63, 3.8) is 0 Å². The molecule has 156 valence electrons. The maximum atomic E-state index is 13.5. The minimum atomic E-state index is -3.07. The van der Waals surface area contributed by atoms with Gasteiger partial charge in [-0.2, -0.15) is 0 Å². The van der Waals surface area contributed by atoms with Crippen LogP contribution in [0.3, 0.4) is 0 Å². The third-order valence-corrected chi connectivity index (χ3v) is 4.69. The van der Waals surface area contributed by atoms with E-state index in [1.54, 1.807) is 6.07 Å². The van der Waals surface area contributed by atoms with E-state index in [0.717, 1.165) is 6.20 Å². The van der Waals surface area contributed by atoms with Crippen LogP contribution in [0.1, 0.15) is 23.6 Å². The molecule has 0 bridgehead atoms. The van der Waals surface area contributed by atoms with Gasteiger partial charge in [0, 0.05) is 31.9 Å². The van der Waals surface area contributed by atoms with E-state index in [-0.39, 0.29) is 17.5 Å². The molecule has 1 fully saturated rings. The fourth-order valence-electron chi connectivity index (χ4n) is 2.83.